The molecule has 2 aromatic heterocycles. The van der Waals surface area contributed by atoms with Gasteiger partial charge in [0.1, 0.15) is 0 Å². The van der Waals surface area contributed by atoms with E-state index in [0.29, 0.717) is 41.3 Å². The maximum Gasteiger partial charge on any atom is 0.247 e. The molecule has 0 atom stereocenters. The number of benzene rings is 2. The highest BCUT2D eigenvalue weighted by atomic mass is 35.5. The maximum atomic E-state index is 11.7. The summed E-state index contributed by atoms with van der Waals surface area (Å²) in [6, 6.07) is 15.2. The van der Waals surface area contributed by atoms with Crippen LogP contribution in [0.1, 0.15) is 0 Å². The molecule has 1 amide bonds. The second-order valence-electron chi connectivity index (χ2n) is 7.95. The van der Waals surface area contributed by atoms with Crippen LogP contribution in [0, 0.1) is 0 Å². The number of para-hydroxylation sites is 1. The number of hydrogen-bond acceptors (Lipinski definition) is 7. The fourth-order valence-electron chi connectivity index (χ4n) is 3.92. The van der Waals surface area contributed by atoms with Crippen molar-refractivity contribution < 1.29 is 9.53 Å². The van der Waals surface area contributed by atoms with E-state index < -0.39 is 0 Å². The fourth-order valence-corrected chi connectivity index (χ4v) is 4.14. The molecule has 1 saturated heterocycles. The first-order valence-electron chi connectivity index (χ1n) is 11.2. The van der Waals surface area contributed by atoms with Crippen LogP contribution < -0.4 is 15.5 Å². The minimum atomic E-state index is -0.287. The van der Waals surface area contributed by atoms with E-state index in [-0.39, 0.29) is 5.91 Å². The van der Waals surface area contributed by atoms with Crippen LogP contribution in [0.3, 0.4) is 0 Å². The molecule has 176 valence electrons. The summed E-state index contributed by atoms with van der Waals surface area (Å²) < 4.78 is 5.43. The predicted octanol–water partition coefficient (Wildman–Crippen LogP) is 5.05. The minimum absolute atomic E-state index is 0.287. The Hall–Kier alpha value is -4.01. The average molecular weight is 487 g/mol. The van der Waals surface area contributed by atoms with E-state index >= 15 is 0 Å². The number of pyridine rings is 1. The van der Waals surface area contributed by atoms with Gasteiger partial charge >= 0.3 is 0 Å². The van der Waals surface area contributed by atoms with Crippen molar-refractivity contribution in [2.24, 2.45) is 0 Å². The molecule has 8 nitrogen and oxygen atoms in total. The SMILES string of the molecule is C=CC(=O)Nc1ccnc(-c2cccc3cnc(Nc4ccc(N5CCOCC5)cc4Cl)nc23)c1. The molecule has 5 rings (SSSR count). The van der Waals surface area contributed by atoms with Gasteiger partial charge in [-0.3, -0.25) is 9.78 Å². The highest BCUT2D eigenvalue weighted by Gasteiger charge is 2.14. The number of carbonyl (C=O) groups is 1. The molecule has 4 aromatic rings. The zero-order chi connectivity index (χ0) is 24.2. The smallest absolute Gasteiger partial charge is 0.247 e. The third kappa shape index (κ3) is 5.08. The van der Waals surface area contributed by atoms with Crippen molar-refractivity contribution >= 4 is 51.4 Å². The number of halogens is 1. The van der Waals surface area contributed by atoms with Gasteiger partial charge in [0, 0.05) is 47.8 Å². The molecular weight excluding hydrogens is 464 g/mol. The van der Waals surface area contributed by atoms with E-state index in [9.17, 15) is 4.79 Å². The van der Waals surface area contributed by atoms with Crippen LogP contribution >= 0.6 is 11.6 Å². The van der Waals surface area contributed by atoms with E-state index in [2.05, 4.69) is 32.1 Å². The normalized spacial score (nSPS) is 13.5. The quantitative estimate of drug-likeness (QED) is 0.368. The van der Waals surface area contributed by atoms with Crippen LogP contribution in [0.25, 0.3) is 22.2 Å². The highest BCUT2D eigenvalue weighted by Crippen LogP contribution is 2.31. The van der Waals surface area contributed by atoms with Gasteiger partial charge in [-0.15, -0.1) is 0 Å². The largest absolute Gasteiger partial charge is 0.378 e. The lowest BCUT2D eigenvalue weighted by atomic mass is 10.1. The molecule has 1 aliphatic heterocycles. The molecule has 0 saturated carbocycles. The number of hydrogen-bond donors (Lipinski definition) is 2. The van der Waals surface area contributed by atoms with Crippen molar-refractivity contribution in [1.29, 1.82) is 0 Å². The van der Waals surface area contributed by atoms with E-state index in [1.165, 1.54) is 6.08 Å². The molecule has 0 bridgehead atoms. The zero-order valence-corrected chi connectivity index (χ0v) is 19.6. The highest BCUT2D eigenvalue weighted by molar-refractivity contribution is 6.33. The van der Waals surface area contributed by atoms with Gasteiger partial charge in [0.2, 0.25) is 11.9 Å². The monoisotopic (exact) mass is 486 g/mol. The van der Waals surface area contributed by atoms with Crippen molar-refractivity contribution in [3.63, 3.8) is 0 Å². The number of carbonyl (C=O) groups excluding carboxylic acids is 1. The van der Waals surface area contributed by atoms with Crippen molar-refractivity contribution in [2.75, 3.05) is 41.8 Å². The molecule has 2 aromatic carbocycles. The van der Waals surface area contributed by atoms with E-state index in [4.69, 9.17) is 21.3 Å². The number of fused-ring (bicyclic) bond motifs is 1. The summed E-state index contributed by atoms with van der Waals surface area (Å²) in [7, 11) is 0. The Morgan fingerprint density at radius 1 is 1.11 bits per heavy atom. The van der Waals surface area contributed by atoms with Gasteiger partial charge < -0.3 is 20.3 Å². The Kier molecular flexibility index (Phi) is 6.56. The lowest BCUT2D eigenvalue weighted by molar-refractivity contribution is -0.111. The standard InChI is InChI=1S/C26H23ClN6O2/c1-2-24(34)30-18-8-9-28-23(14-18)20-5-3-4-17-16-29-26(32-25(17)20)31-22-7-6-19(15-21(22)27)33-10-12-35-13-11-33/h2-9,14-16H,1,10-13H2,(H,28,30,34)(H,29,31,32). The van der Waals surface area contributed by atoms with Crippen LogP contribution in [0.2, 0.25) is 5.02 Å². The maximum absolute atomic E-state index is 11.7. The summed E-state index contributed by atoms with van der Waals surface area (Å²) in [6.45, 7) is 6.59. The molecular formula is C26H23ClN6O2. The van der Waals surface area contributed by atoms with Gasteiger partial charge in [-0.2, -0.15) is 0 Å². The van der Waals surface area contributed by atoms with Crippen LogP contribution in [0.4, 0.5) is 23.0 Å². The molecule has 1 aliphatic rings. The number of amides is 1. The zero-order valence-electron chi connectivity index (χ0n) is 18.9. The van der Waals surface area contributed by atoms with E-state index in [0.717, 1.165) is 35.2 Å². The summed E-state index contributed by atoms with van der Waals surface area (Å²) in [5.41, 5.74) is 4.61. The Morgan fingerprint density at radius 3 is 2.77 bits per heavy atom. The second-order valence-corrected chi connectivity index (χ2v) is 8.36. The Balaban J connectivity index is 1.44. The molecule has 0 aliphatic carbocycles. The van der Waals surface area contributed by atoms with Crippen LogP contribution in [0.15, 0.2) is 73.6 Å². The third-order valence-corrected chi connectivity index (χ3v) is 5.99. The molecule has 3 heterocycles. The molecule has 0 spiro atoms. The Morgan fingerprint density at radius 2 is 1.97 bits per heavy atom. The number of morpholine rings is 1. The van der Waals surface area contributed by atoms with Gasteiger partial charge in [-0.05, 0) is 36.4 Å². The first kappa shape index (κ1) is 22.8. The van der Waals surface area contributed by atoms with Crippen molar-refractivity contribution in [3.8, 4) is 11.3 Å². The lowest BCUT2D eigenvalue weighted by Crippen LogP contribution is -2.36. The summed E-state index contributed by atoms with van der Waals surface area (Å²) in [4.78, 5) is 27.6. The number of rotatable bonds is 6. The fraction of sp³-hybridized carbons (Fsp3) is 0.154. The Bertz CT molecular complexity index is 1400. The van der Waals surface area contributed by atoms with Crippen molar-refractivity contribution in [2.45, 2.75) is 0 Å². The Labute approximate surface area is 207 Å². The molecule has 1 fully saturated rings. The van der Waals surface area contributed by atoms with Gasteiger partial charge in [0.05, 0.1) is 35.1 Å². The molecule has 35 heavy (non-hydrogen) atoms. The molecule has 2 N–H and O–H groups in total. The first-order chi connectivity index (χ1) is 17.1. The summed E-state index contributed by atoms with van der Waals surface area (Å²) >= 11 is 6.59. The van der Waals surface area contributed by atoms with Crippen LogP contribution in [-0.2, 0) is 9.53 Å². The third-order valence-electron chi connectivity index (χ3n) is 5.68. The number of ether oxygens (including phenoxy) is 1. The second kappa shape index (κ2) is 10.1. The van der Waals surface area contributed by atoms with E-state index in [1.807, 2.05) is 36.4 Å². The van der Waals surface area contributed by atoms with Gasteiger partial charge in [-0.1, -0.05) is 36.4 Å². The van der Waals surface area contributed by atoms with Crippen molar-refractivity contribution in [3.05, 3.63) is 78.6 Å². The average Bonchev–Trinajstić information content (AvgIpc) is 2.90. The van der Waals surface area contributed by atoms with Crippen LogP contribution in [0.5, 0.6) is 0 Å². The topological polar surface area (TPSA) is 92.3 Å². The lowest BCUT2D eigenvalue weighted by Gasteiger charge is -2.29. The number of aromatic nitrogens is 3. The molecule has 0 radical (unpaired) electrons. The number of nitrogens with zero attached hydrogens (tertiary/aromatic N) is 4. The number of nitrogens with one attached hydrogen (secondary N) is 2. The summed E-state index contributed by atoms with van der Waals surface area (Å²) in [5, 5.41) is 7.44. The van der Waals surface area contributed by atoms with Crippen LogP contribution in [-0.4, -0.2) is 47.2 Å². The molecule has 9 heteroatoms. The van der Waals surface area contributed by atoms with Gasteiger partial charge in [0.15, 0.2) is 0 Å². The molecule has 0 unspecified atom stereocenters. The van der Waals surface area contributed by atoms with Gasteiger partial charge in [0.25, 0.3) is 0 Å². The van der Waals surface area contributed by atoms with Gasteiger partial charge in [-0.25, -0.2) is 9.97 Å². The first-order valence-corrected chi connectivity index (χ1v) is 11.5. The number of anilines is 4. The minimum Gasteiger partial charge on any atom is -0.378 e. The summed E-state index contributed by atoms with van der Waals surface area (Å²) in [6.07, 6.45) is 4.62. The van der Waals surface area contributed by atoms with Crippen molar-refractivity contribution in [1.82, 2.24) is 15.0 Å². The summed E-state index contributed by atoms with van der Waals surface area (Å²) in [5.74, 6) is 0.132. The predicted molar refractivity (Wildman–Crippen MR) is 139 cm³/mol. The van der Waals surface area contributed by atoms with E-state index in [1.54, 1.807) is 24.5 Å².